The van der Waals surface area contributed by atoms with E-state index in [0.717, 1.165) is 28.3 Å². The van der Waals surface area contributed by atoms with Crippen LogP contribution in [-0.4, -0.2) is 81.4 Å². The van der Waals surface area contributed by atoms with Gasteiger partial charge in [0.15, 0.2) is 23.7 Å². The average molecular weight is 704 g/mol. The second-order valence-electron chi connectivity index (χ2n) is 10.6. The molecule has 256 valence electrons. The summed E-state index contributed by atoms with van der Waals surface area (Å²) in [4.78, 5) is 47.0. The zero-order valence-corrected chi connectivity index (χ0v) is 27.4. The number of hydrogen-bond donors (Lipinski definition) is 3. The number of hydrogen-bond acceptors (Lipinski definition) is 12. The van der Waals surface area contributed by atoms with E-state index in [4.69, 9.17) is 19.9 Å². The topological polar surface area (TPSA) is 217 Å². The van der Waals surface area contributed by atoms with E-state index in [1.165, 1.54) is 19.2 Å². The van der Waals surface area contributed by atoms with Crippen LogP contribution in [0.4, 0.5) is 13.9 Å². The third-order valence-electron chi connectivity index (χ3n) is 7.21. The van der Waals surface area contributed by atoms with Crippen molar-refractivity contribution in [2.75, 3.05) is 19.3 Å². The first-order valence-electron chi connectivity index (χ1n) is 13.5. The van der Waals surface area contributed by atoms with Gasteiger partial charge in [-0.25, -0.2) is 18.6 Å². The number of anilines is 1. The van der Waals surface area contributed by atoms with Gasteiger partial charge in [-0.3, -0.25) is 14.1 Å². The Labute approximate surface area is 271 Å². The second kappa shape index (κ2) is 14.9. The number of hydroxylamine groups is 2. The number of halogens is 2. The number of thiazole rings is 1. The number of rotatable bonds is 13. The van der Waals surface area contributed by atoms with Crippen molar-refractivity contribution in [1.29, 1.82) is 0 Å². The number of alkyl halides is 2. The van der Waals surface area contributed by atoms with E-state index >= 15 is 0 Å². The molecule has 1 saturated heterocycles. The van der Waals surface area contributed by atoms with Crippen molar-refractivity contribution in [2.24, 2.45) is 25.2 Å². The number of ether oxygens (including phenoxy) is 1. The predicted molar refractivity (Wildman–Crippen MR) is 162 cm³/mol. The predicted octanol–water partition coefficient (Wildman–Crippen LogP) is 1.93. The first kappa shape index (κ1) is 36.9. The highest BCUT2D eigenvalue weighted by atomic mass is 32.3. The Balaban J connectivity index is 0.00000192. The summed E-state index contributed by atoms with van der Waals surface area (Å²) in [6, 6.07) is 9.04. The summed E-state index contributed by atoms with van der Waals surface area (Å²) in [6.45, 7) is 2.63. The summed E-state index contributed by atoms with van der Waals surface area (Å²) in [7, 11) is -1.11. The third kappa shape index (κ3) is 8.84. The Hall–Kier alpha value is -4.53. The number of aryl methyl sites for hydroxylation is 1. The van der Waals surface area contributed by atoms with Gasteiger partial charge in [-0.15, -0.1) is 20.3 Å². The van der Waals surface area contributed by atoms with Crippen LogP contribution in [0, 0.1) is 12.8 Å². The molecule has 20 heteroatoms. The monoisotopic (exact) mass is 703 g/mol. The zero-order chi connectivity index (χ0) is 35.3. The summed E-state index contributed by atoms with van der Waals surface area (Å²) in [5.41, 5.74) is 6.94. The van der Waals surface area contributed by atoms with Gasteiger partial charge >= 0.3 is 16.4 Å². The lowest BCUT2D eigenvalue weighted by molar-refractivity contribution is -0.741. The van der Waals surface area contributed by atoms with Crippen LogP contribution in [-0.2, 0) is 48.0 Å². The molecule has 4 N–H and O–H groups in total. The highest BCUT2D eigenvalue weighted by Crippen LogP contribution is 2.40. The van der Waals surface area contributed by atoms with Crippen LogP contribution in [0.5, 0.6) is 5.75 Å². The minimum atomic E-state index is -4.98. The van der Waals surface area contributed by atoms with Crippen LogP contribution in [0.25, 0.3) is 11.3 Å². The summed E-state index contributed by atoms with van der Waals surface area (Å²) in [5, 5.41) is 15.4. The van der Waals surface area contributed by atoms with Crippen LogP contribution in [0.15, 0.2) is 40.9 Å². The van der Waals surface area contributed by atoms with Gasteiger partial charge in [-0.2, -0.15) is 18.2 Å². The molecule has 0 bridgehead atoms. The van der Waals surface area contributed by atoms with Crippen molar-refractivity contribution >= 4 is 50.2 Å². The molecular weight excluding hydrogens is 670 g/mol. The van der Waals surface area contributed by atoms with E-state index in [2.05, 4.69) is 14.4 Å². The fraction of sp³-hybridized carbons (Fsp3) is 0.407. The van der Waals surface area contributed by atoms with Gasteiger partial charge < -0.3 is 20.4 Å². The highest BCUT2D eigenvalue weighted by Gasteiger charge is 2.57. The summed E-state index contributed by atoms with van der Waals surface area (Å²) in [5.74, 6) is -3.76. The first-order valence-corrected chi connectivity index (χ1v) is 15.8. The van der Waals surface area contributed by atoms with Gasteiger partial charge in [0.05, 0.1) is 24.2 Å². The number of β-lactam (4-membered cyclic amide) rings is 1. The van der Waals surface area contributed by atoms with Crippen LogP contribution >= 0.6 is 11.3 Å². The van der Waals surface area contributed by atoms with Crippen LogP contribution in [0.3, 0.4) is 0 Å². The molecule has 1 aliphatic heterocycles. The van der Waals surface area contributed by atoms with Gasteiger partial charge in [0.25, 0.3) is 12.0 Å². The van der Waals surface area contributed by atoms with Crippen molar-refractivity contribution in [3.05, 3.63) is 47.1 Å². The van der Waals surface area contributed by atoms with E-state index in [1.807, 2.05) is 48.6 Å². The number of aliphatic carboxylic acids is 1. The number of benzene rings is 1. The number of oxime groups is 1. The number of carbonyl (C=O) groups excluding carboxylic acids is 2. The molecule has 1 aromatic carbocycles. The zero-order valence-electron chi connectivity index (χ0n) is 25.8. The number of nitrogens with two attached hydrogens (primary N) is 1. The molecule has 16 nitrogen and oxygen atoms in total. The van der Waals surface area contributed by atoms with Crippen molar-refractivity contribution in [3.63, 3.8) is 0 Å². The van der Waals surface area contributed by atoms with Crippen molar-refractivity contribution in [3.8, 4) is 17.0 Å². The maximum Gasteiger partial charge on any atom is 0.418 e. The number of amides is 1. The molecule has 3 aromatic rings. The van der Waals surface area contributed by atoms with Gasteiger partial charge in [-0.05, 0) is 45.0 Å². The van der Waals surface area contributed by atoms with Gasteiger partial charge in [0.1, 0.15) is 18.1 Å². The number of carboxylic acid groups (broad SMARTS) is 1. The number of nitrogen functional groups attached to an aromatic ring is 1. The maximum absolute atomic E-state index is 13.3. The molecule has 4 rings (SSSR count). The minimum Gasteiger partial charge on any atom is -0.489 e. The van der Waals surface area contributed by atoms with E-state index in [0.29, 0.717) is 10.8 Å². The molecule has 0 aliphatic carbocycles. The number of aromatic nitrogens is 3. The van der Waals surface area contributed by atoms with E-state index in [-0.39, 0.29) is 10.8 Å². The quantitative estimate of drug-likeness (QED) is 0.0765. The number of Topliss-reactive ketones (excluding diaryl/α,β-unsaturated/α-hetero) is 1. The van der Waals surface area contributed by atoms with Crippen molar-refractivity contribution in [1.82, 2.24) is 14.7 Å². The molecule has 0 saturated carbocycles. The standard InChI is InChI=1S/C26H30N6O10S2.CH2F2/c1-14-10-19(31(5)30(14)4)15-6-8-16(9-7-15)40-12-21(24(35)36)41-29-22(18-13-43-25(27)28-18)20(33)11-17-23(34)32(26(17,2)3)42-44(37,38)39;2-1-3/h6-10,13,17,21H,11-12H2,1-5H3,(H3-,27,28,35,36,37,38,39);1H2/p+1/b29-22-;/t17-,21+;/m1./s1. The minimum absolute atomic E-state index is 0.0157. The average Bonchev–Trinajstić information content (AvgIpc) is 3.54. The van der Waals surface area contributed by atoms with E-state index in [9.17, 15) is 36.7 Å². The summed E-state index contributed by atoms with van der Waals surface area (Å²) in [6.07, 6.45) is -2.13. The molecule has 0 unspecified atom stereocenters. The lowest BCUT2D eigenvalue weighted by Crippen LogP contribution is -2.68. The fourth-order valence-electron chi connectivity index (χ4n) is 4.50. The lowest BCUT2D eigenvalue weighted by atomic mass is 9.74. The Morgan fingerprint density at radius 2 is 1.87 bits per heavy atom. The maximum atomic E-state index is 13.3. The number of nitrogens with zero attached hydrogens (tertiary/aromatic N) is 5. The Bertz CT molecular complexity index is 1760. The Morgan fingerprint density at radius 3 is 2.34 bits per heavy atom. The molecule has 47 heavy (non-hydrogen) atoms. The van der Waals surface area contributed by atoms with Gasteiger partial charge in [0.2, 0.25) is 12.6 Å². The first-order chi connectivity index (χ1) is 21.9. The van der Waals surface area contributed by atoms with Gasteiger partial charge in [0, 0.05) is 23.4 Å². The van der Waals surface area contributed by atoms with E-state index in [1.54, 1.807) is 12.1 Å². The SMILES string of the molecule is Cc1cc(-c2ccc(OC[C@H](O/N=C(\C(=O)C[C@@H]3C(=O)N(OS(=O)(=O)O)C3(C)C)c3csc(N)n3)C(=O)O)cc2)[n+](C)n1C.FCF. The van der Waals surface area contributed by atoms with Gasteiger partial charge in [-0.1, -0.05) is 5.16 Å². The summed E-state index contributed by atoms with van der Waals surface area (Å²) < 4.78 is 64.3. The van der Waals surface area contributed by atoms with Crippen LogP contribution < -0.4 is 15.2 Å². The van der Waals surface area contributed by atoms with Crippen LogP contribution in [0.1, 0.15) is 31.7 Å². The van der Waals surface area contributed by atoms with Crippen molar-refractivity contribution < 1.29 is 59.8 Å². The van der Waals surface area contributed by atoms with E-state index < -0.39 is 71.3 Å². The largest absolute Gasteiger partial charge is 0.489 e. The molecule has 1 aliphatic rings. The van der Waals surface area contributed by atoms with Crippen LogP contribution in [0.2, 0.25) is 0 Å². The second-order valence-corrected chi connectivity index (χ2v) is 12.5. The third-order valence-corrected chi connectivity index (χ3v) is 8.23. The molecular formula is C27H33F2N6O10S2+. The molecule has 2 aromatic heterocycles. The molecule has 3 heterocycles. The number of carboxylic acids is 1. The molecule has 0 spiro atoms. The molecule has 1 amide bonds. The molecule has 0 radical (unpaired) electrons. The smallest absolute Gasteiger partial charge is 0.418 e. The Kier molecular flexibility index (Phi) is 11.7. The fourth-order valence-corrected chi connectivity index (χ4v) is 5.50. The number of carbonyl (C=O) groups is 3. The highest BCUT2D eigenvalue weighted by molar-refractivity contribution is 7.80. The molecule has 2 atom stereocenters. The lowest BCUT2D eigenvalue weighted by Gasteiger charge is -2.50. The summed E-state index contributed by atoms with van der Waals surface area (Å²) >= 11 is 0.991. The van der Waals surface area contributed by atoms with Crippen molar-refractivity contribution in [2.45, 2.75) is 38.8 Å². The molecule has 1 fully saturated rings. The number of ketones is 1. The normalized spacial score (nSPS) is 16.5. The Morgan fingerprint density at radius 1 is 1.26 bits per heavy atom.